The Hall–Kier alpha value is -2.72. The maximum absolute atomic E-state index is 12.3. The summed E-state index contributed by atoms with van der Waals surface area (Å²) in [5.41, 5.74) is -0.344. The van der Waals surface area contributed by atoms with Crippen LogP contribution in [0.5, 0.6) is 0 Å². The largest absolute Gasteiger partial charge is 0.469 e. The van der Waals surface area contributed by atoms with Gasteiger partial charge in [0, 0.05) is 24.2 Å². The molecule has 1 aliphatic rings. The van der Waals surface area contributed by atoms with E-state index in [1.165, 1.54) is 24.1 Å². The molecule has 0 saturated carbocycles. The maximum atomic E-state index is 12.3. The molecular formula is C15H17ClN4O6. The predicted octanol–water partition coefficient (Wildman–Crippen LogP) is 0.550. The standard InChI is InChI=1S/C15H17ClN4O6/c1-26-14(22)7-12-15(23)17-4-5-19(12)8-13(21)18-10-3-2-9(16)6-11(10)20(24)25/h2-3,6,12H,4-5,7-8H2,1H3,(H,17,23)(H,18,21). The van der Waals surface area contributed by atoms with E-state index in [4.69, 9.17) is 11.6 Å². The lowest BCUT2D eigenvalue weighted by molar-refractivity contribution is -0.383. The zero-order valence-electron chi connectivity index (χ0n) is 13.9. The summed E-state index contributed by atoms with van der Waals surface area (Å²) in [5, 5.41) is 16.3. The number of methoxy groups -OCH3 is 1. The van der Waals surface area contributed by atoms with Crippen molar-refractivity contribution in [1.29, 1.82) is 0 Å². The van der Waals surface area contributed by atoms with E-state index in [1.807, 2.05) is 0 Å². The van der Waals surface area contributed by atoms with Crippen LogP contribution in [0, 0.1) is 10.1 Å². The SMILES string of the molecule is COC(=O)CC1C(=O)NCCN1CC(=O)Nc1ccc(Cl)cc1[N+](=O)[O-]. The molecular weight excluding hydrogens is 368 g/mol. The quantitative estimate of drug-likeness (QED) is 0.416. The topological polar surface area (TPSA) is 131 Å². The average Bonchev–Trinajstić information content (AvgIpc) is 2.59. The molecule has 0 bridgehead atoms. The zero-order valence-corrected chi connectivity index (χ0v) is 14.6. The molecule has 0 aliphatic carbocycles. The number of rotatable bonds is 6. The summed E-state index contributed by atoms with van der Waals surface area (Å²) in [5.74, 6) is -1.52. The minimum atomic E-state index is -0.845. The lowest BCUT2D eigenvalue weighted by Crippen LogP contribution is -2.57. The molecule has 1 aromatic carbocycles. The molecule has 1 fully saturated rings. The molecule has 1 aromatic rings. The molecule has 0 spiro atoms. The van der Waals surface area contributed by atoms with Gasteiger partial charge in [-0.15, -0.1) is 0 Å². The number of nitrogens with zero attached hydrogens (tertiary/aromatic N) is 2. The van der Waals surface area contributed by atoms with Gasteiger partial charge in [0.15, 0.2) is 0 Å². The number of esters is 1. The molecule has 2 amide bonds. The summed E-state index contributed by atoms with van der Waals surface area (Å²) < 4.78 is 4.57. The fourth-order valence-electron chi connectivity index (χ4n) is 2.55. The first kappa shape index (κ1) is 19.6. The Bertz CT molecular complexity index is 741. The Morgan fingerprint density at radius 3 is 2.88 bits per heavy atom. The van der Waals surface area contributed by atoms with E-state index in [0.717, 1.165) is 6.07 Å². The Kier molecular flexibility index (Phi) is 6.47. The van der Waals surface area contributed by atoms with Gasteiger partial charge in [0.1, 0.15) is 11.7 Å². The van der Waals surface area contributed by atoms with Gasteiger partial charge >= 0.3 is 5.97 Å². The molecule has 10 nitrogen and oxygen atoms in total. The number of amides is 2. The molecule has 0 aromatic heterocycles. The number of carbonyl (C=O) groups excluding carboxylic acids is 3. The monoisotopic (exact) mass is 384 g/mol. The number of hydrogen-bond donors (Lipinski definition) is 2. The number of benzene rings is 1. The van der Waals surface area contributed by atoms with Crippen LogP contribution in [0.25, 0.3) is 0 Å². The van der Waals surface area contributed by atoms with Crippen molar-refractivity contribution in [1.82, 2.24) is 10.2 Å². The number of anilines is 1. The van der Waals surface area contributed by atoms with E-state index in [0.29, 0.717) is 13.1 Å². The van der Waals surface area contributed by atoms with Gasteiger partial charge in [-0.3, -0.25) is 29.4 Å². The second-order valence-electron chi connectivity index (χ2n) is 5.52. The number of nitro groups is 1. The predicted molar refractivity (Wildman–Crippen MR) is 91.7 cm³/mol. The van der Waals surface area contributed by atoms with Crippen LogP contribution in [0.3, 0.4) is 0 Å². The minimum Gasteiger partial charge on any atom is -0.469 e. The number of nitrogens with one attached hydrogen (secondary N) is 2. The molecule has 2 rings (SSSR count). The van der Waals surface area contributed by atoms with Crippen LogP contribution < -0.4 is 10.6 Å². The lowest BCUT2D eigenvalue weighted by atomic mass is 10.1. The van der Waals surface area contributed by atoms with E-state index in [-0.39, 0.29) is 35.3 Å². The average molecular weight is 385 g/mol. The molecule has 1 heterocycles. The fourth-order valence-corrected chi connectivity index (χ4v) is 2.72. The van der Waals surface area contributed by atoms with Gasteiger partial charge in [-0.25, -0.2) is 0 Å². The van der Waals surface area contributed by atoms with Crippen LogP contribution in [-0.4, -0.2) is 60.4 Å². The first-order valence-corrected chi connectivity index (χ1v) is 8.02. The smallest absolute Gasteiger partial charge is 0.307 e. The van der Waals surface area contributed by atoms with Crippen molar-refractivity contribution in [2.24, 2.45) is 0 Å². The summed E-state index contributed by atoms with van der Waals surface area (Å²) in [6.45, 7) is 0.462. The van der Waals surface area contributed by atoms with E-state index < -0.39 is 22.8 Å². The molecule has 1 saturated heterocycles. The van der Waals surface area contributed by atoms with Crippen molar-refractivity contribution in [3.05, 3.63) is 33.3 Å². The van der Waals surface area contributed by atoms with E-state index in [1.54, 1.807) is 0 Å². The van der Waals surface area contributed by atoms with Gasteiger partial charge < -0.3 is 15.4 Å². The van der Waals surface area contributed by atoms with Crippen LogP contribution in [0.1, 0.15) is 6.42 Å². The fraction of sp³-hybridized carbons (Fsp3) is 0.400. The van der Waals surface area contributed by atoms with Gasteiger partial charge in [-0.2, -0.15) is 0 Å². The van der Waals surface area contributed by atoms with Gasteiger partial charge in [0.25, 0.3) is 5.69 Å². The van der Waals surface area contributed by atoms with E-state index in [9.17, 15) is 24.5 Å². The van der Waals surface area contributed by atoms with Crippen LogP contribution in [0.2, 0.25) is 5.02 Å². The van der Waals surface area contributed by atoms with Crippen LogP contribution in [0.4, 0.5) is 11.4 Å². The zero-order chi connectivity index (χ0) is 19.3. The minimum absolute atomic E-state index is 0.00428. The number of halogens is 1. The number of hydrogen-bond acceptors (Lipinski definition) is 7. The number of piperazine rings is 1. The van der Waals surface area contributed by atoms with Crippen molar-refractivity contribution < 1.29 is 24.0 Å². The Morgan fingerprint density at radius 2 is 2.23 bits per heavy atom. The number of nitro benzene ring substituents is 1. The molecule has 140 valence electrons. The molecule has 11 heteroatoms. The normalized spacial score (nSPS) is 17.3. The third-order valence-electron chi connectivity index (χ3n) is 3.81. The van der Waals surface area contributed by atoms with Crippen molar-refractivity contribution >= 4 is 40.8 Å². The summed E-state index contributed by atoms with van der Waals surface area (Å²) in [6.07, 6.45) is -0.198. The van der Waals surface area contributed by atoms with Gasteiger partial charge in [-0.1, -0.05) is 11.6 Å². The molecule has 0 radical (unpaired) electrons. The molecule has 1 aliphatic heterocycles. The highest BCUT2D eigenvalue weighted by Crippen LogP contribution is 2.27. The van der Waals surface area contributed by atoms with Gasteiger partial charge in [0.2, 0.25) is 11.8 Å². The Balaban J connectivity index is 2.09. The summed E-state index contributed by atoms with van der Waals surface area (Å²) in [4.78, 5) is 47.7. The van der Waals surface area contributed by atoms with Crippen LogP contribution in [-0.2, 0) is 19.1 Å². The summed E-state index contributed by atoms with van der Waals surface area (Å²) >= 11 is 5.74. The van der Waals surface area contributed by atoms with Crippen LogP contribution >= 0.6 is 11.6 Å². The number of ether oxygens (including phenoxy) is 1. The summed E-state index contributed by atoms with van der Waals surface area (Å²) in [7, 11) is 1.21. The third-order valence-corrected chi connectivity index (χ3v) is 4.04. The molecule has 1 unspecified atom stereocenters. The highest BCUT2D eigenvalue weighted by Gasteiger charge is 2.33. The van der Waals surface area contributed by atoms with Gasteiger partial charge in [-0.05, 0) is 12.1 Å². The molecule has 1 atom stereocenters. The lowest BCUT2D eigenvalue weighted by Gasteiger charge is -2.33. The maximum Gasteiger partial charge on any atom is 0.307 e. The Morgan fingerprint density at radius 1 is 1.50 bits per heavy atom. The third kappa shape index (κ3) is 4.90. The van der Waals surface area contributed by atoms with Crippen molar-refractivity contribution in [3.8, 4) is 0 Å². The first-order chi connectivity index (χ1) is 12.3. The molecule has 26 heavy (non-hydrogen) atoms. The van der Waals surface area contributed by atoms with Crippen LogP contribution in [0.15, 0.2) is 18.2 Å². The summed E-state index contributed by atoms with van der Waals surface area (Å²) in [6, 6.07) is 3.03. The van der Waals surface area contributed by atoms with Crippen molar-refractivity contribution in [2.45, 2.75) is 12.5 Å². The van der Waals surface area contributed by atoms with E-state index >= 15 is 0 Å². The van der Waals surface area contributed by atoms with Gasteiger partial charge in [0.05, 0.1) is 25.0 Å². The highest BCUT2D eigenvalue weighted by molar-refractivity contribution is 6.31. The second-order valence-corrected chi connectivity index (χ2v) is 5.96. The second kappa shape index (κ2) is 8.59. The highest BCUT2D eigenvalue weighted by atomic mass is 35.5. The Labute approximate surface area is 153 Å². The number of carbonyl (C=O) groups is 3. The van der Waals surface area contributed by atoms with Crippen molar-refractivity contribution in [2.75, 3.05) is 32.1 Å². The molecule has 2 N–H and O–H groups in total. The first-order valence-electron chi connectivity index (χ1n) is 7.64. The van der Waals surface area contributed by atoms with E-state index in [2.05, 4.69) is 15.4 Å². The van der Waals surface area contributed by atoms with Crippen molar-refractivity contribution in [3.63, 3.8) is 0 Å².